The van der Waals surface area contributed by atoms with Crippen molar-refractivity contribution in [1.82, 2.24) is 15.1 Å². The van der Waals surface area contributed by atoms with Crippen molar-refractivity contribution in [2.24, 2.45) is 11.7 Å². The van der Waals surface area contributed by atoms with E-state index in [1.807, 2.05) is 13.8 Å². The highest BCUT2D eigenvalue weighted by Gasteiger charge is 2.34. The maximum atomic E-state index is 11.9. The standard InChI is InChI=1S/C14H30N4O/c1-10(2)16-14(19)6-12(7-15)18-8-11(3)13(9-18)17(4)5/h10-13H,6-9,15H2,1-5H3,(H,16,19). The Bertz CT molecular complexity index is 293. The smallest absolute Gasteiger partial charge is 0.221 e. The van der Waals surface area contributed by atoms with E-state index in [-0.39, 0.29) is 18.0 Å². The van der Waals surface area contributed by atoms with E-state index in [9.17, 15) is 4.79 Å². The minimum absolute atomic E-state index is 0.103. The zero-order valence-electron chi connectivity index (χ0n) is 13.0. The van der Waals surface area contributed by atoms with Crippen molar-refractivity contribution >= 4 is 5.91 Å². The molecule has 0 aromatic rings. The van der Waals surface area contributed by atoms with Gasteiger partial charge in [0.15, 0.2) is 0 Å². The first-order valence-corrected chi connectivity index (χ1v) is 7.25. The molecule has 1 saturated heterocycles. The van der Waals surface area contributed by atoms with Gasteiger partial charge in [-0.2, -0.15) is 0 Å². The lowest BCUT2D eigenvalue weighted by Gasteiger charge is -2.27. The number of nitrogens with two attached hydrogens (primary N) is 1. The molecule has 1 fully saturated rings. The van der Waals surface area contributed by atoms with E-state index in [2.05, 4.69) is 36.1 Å². The molecule has 5 heteroatoms. The van der Waals surface area contributed by atoms with Crippen molar-refractivity contribution in [3.8, 4) is 0 Å². The third kappa shape index (κ3) is 4.75. The summed E-state index contributed by atoms with van der Waals surface area (Å²) >= 11 is 0. The molecule has 3 N–H and O–H groups in total. The number of nitrogens with one attached hydrogen (secondary N) is 1. The molecule has 0 spiro atoms. The van der Waals surface area contributed by atoms with Gasteiger partial charge >= 0.3 is 0 Å². The lowest BCUT2D eigenvalue weighted by atomic mass is 10.1. The van der Waals surface area contributed by atoms with Crippen molar-refractivity contribution in [1.29, 1.82) is 0 Å². The van der Waals surface area contributed by atoms with Gasteiger partial charge in [-0.15, -0.1) is 0 Å². The van der Waals surface area contributed by atoms with E-state index in [0.29, 0.717) is 24.9 Å². The summed E-state index contributed by atoms with van der Waals surface area (Å²) in [5.41, 5.74) is 5.86. The summed E-state index contributed by atoms with van der Waals surface area (Å²) in [6.45, 7) is 8.81. The predicted octanol–water partition coefficient (Wildman–Crippen LogP) is 0.110. The van der Waals surface area contributed by atoms with Crippen LogP contribution in [-0.2, 0) is 4.79 Å². The molecule has 1 amide bonds. The van der Waals surface area contributed by atoms with Crippen LogP contribution in [0.15, 0.2) is 0 Å². The maximum absolute atomic E-state index is 11.9. The number of carbonyl (C=O) groups excluding carboxylic acids is 1. The van der Waals surface area contributed by atoms with Gasteiger partial charge in [0.05, 0.1) is 0 Å². The Kier molecular flexibility index (Phi) is 6.23. The summed E-state index contributed by atoms with van der Waals surface area (Å²) in [6.07, 6.45) is 0.502. The van der Waals surface area contributed by atoms with Crippen LogP contribution in [0.4, 0.5) is 0 Å². The molecule has 112 valence electrons. The topological polar surface area (TPSA) is 61.6 Å². The molecule has 0 radical (unpaired) electrons. The maximum Gasteiger partial charge on any atom is 0.221 e. The number of carbonyl (C=O) groups is 1. The minimum Gasteiger partial charge on any atom is -0.354 e. The highest BCUT2D eigenvalue weighted by Crippen LogP contribution is 2.22. The van der Waals surface area contributed by atoms with Crippen molar-refractivity contribution in [2.75, 3.05) is 33.7 Å². The monoisotopic (exact) mass is 270 g/mol. The summed E-state index contributed by atoms with van der Waals surface area (Å²) in [6, 6.07) is 0.909. The second-order valence-electron chi connectivity index (χ2n) is 6.28. The highest BCUT2D eigenvalue weighted by molar-refractivity contribution is 5.76. The Morgan fingerprint density at radius 1 is 1.42 bits per heavy atom. The van der Waals surface area contributed by atoms with Crippen LogP contribution >= 0.6 is 0 Å². The van der Waals surface area contributed by atoms with Gasteiger partial charge in [0.25, 0.3) is 0 Å². The largest absolute Gasteiger partial charge is 0.354 e. The van der Waals surface area contributed by atoms with Gasteiger partial charge in [-0.05, 0) is 33.9 Å². The fourth-order valence-corrected chi connectivity index (χ4v) is 2.91. The molecule has 1 heterocycles. The third-order valence-corrected chi connectivity index (χ3v) is 3.92. The fraction of sp³-hybridized carbons (Fsp3) is 0.929. The van der Waals surface area contributed by atoms with Gasteiger partial charge in [-0.3, -0.25) is 9.69 Å². The van der Waals surface area contributed by atoms with Gasteiger partial charge in [-0.25, -0.2) is 0 Å². The first-order chi connectivity index (χ1) is 8.85. The van der Waals surface area contributed by atoms with Crippen LogP contribution in [0.5, 0.6) is 0 Å². The lowest BCUT2D eigenvalue weighted by molar-refractivity contribution is -0.122. The Balaban J connectivity index is 2.54. The minimum atomic E-state index is 0.103. The average molecular weight is 270 g/mol. The van der Waals surface area contributed by atoms with E-state index in [1.165, 1.54) is 0 Å². The predicted molar refractivity (Wildman–Crippen MR) is 79.0 cm³/mol. The molecule has 3 atom stereocenters. The zero-order valence-corrected chi connectivity index (χ0v) is 13.0. The van der Waals surface area contributed by atoms with Gasteiger partial charge in [0.2, 0.25) is 5.91 Å². The summed E-state index contributed by atoms with van der Waals surface area (Å²) in [4.78, 5) is 16.5. The highest BCUT2D eigenvalue weighted by atomic mass is 16.1. The van der Waals surface area contributed by atoms with E-state index in [1.54, 1.807) is 0 Å². The lowest BCUT2D eigenvalue weighted by Crippen LogP contribution is -2.45. The van der Waals surface area contributed by atoms with E-state index in [4.69, 9.17) is 5.73 Å². The number of nitrogens with zero attached hydrogens (tertiary/aromatic N) is 2. The summed E-state index contributed by atoms with van der Waals surface area (Å²) in [5.74, 6) is 0.726. The third-order valence-electron chi connectivity index (χ3n) is 3.92. The summed E-state index contributed by atoms with van der Waals surface area (Å²) < 4.78 is 0. The van der Waals surface area contributed by atoms with Gasteiger partial charge in [0.1, 0.15) is 0 Å². The first-order valence-electron chi connectivity index (χ1n) is 7.25. The molecule has 1 aliphatic heterocycles. The molecule has 0 aromatic heterocycles. The van der Waals surface area contributed by atoms with Gasteiger partial charge in [-0.1, -0.05) is 6.92 Å². The molecule has 0 saturated carbocycles. The molecular formula is C14H30N4O. The summed E-state index contributed by atoms with van der Waals surface area (Å²) in [7, 11) is 4.24. The Morgan fingerprint density at radius 2 is 2.05 bits per heavy atom. The van der Waals surface area contributed by atoms with Crippen LogP contribution < -0.4 is 11.1 Å². The van der Waals surface area contributed by atoms with E-state index in [0.717, 1.165) is 13.1 Å². The molecular weight excluding hydrogens is 240 g/mol. The molecule has 5 nitrogen and oxygen atoms in total. The Morgan fingerprint density at radius 3 is 2.47 bits per heavy atom. The van der Waals surface area contributed by atoms with Crippen LogP contribution in [0.2, 0.25) is 0 Å². The fourth-order valence-electron chi connectivity index (χ4n) is 2.91. The SMILES string of the molecule is CC(C)NC(=O)CC(CN)N1CC(C)C(N(C)C)C1. The second kappa shape index (κ2) is 7.22. The molecule has 0 aliphatic carbocycles. The van der Waals surface area contributed by atoms with Crippen LogP contribution in [0.3, 0.4) is 0 Å². The average Bonchev–Trinajstić information content (AvgIpc) is 2.67. The number of likely N-dealkylation sites (N-methyl/N-ethyl adjacent to an activating group) is 1. The molecule has 1 rings (SSSR count). The molecule has 3 unspecified atom stereocenters. The molecule has 19 heavy (non-hydrogen) atoms. The van der Waals surface area contributed by atoms with Crippen LogP contribution in [-0.4, -0.2) is 67.6 Å². The quantitative estimate of drug-likeness (QED) is 0.719. The van der Waals surface area contributed by atoms with Crippen molar-refractivity contribution in [3.05, 3.63) is 0 Å². The van der Waals surface area contributed by atoms with Crippen molar-refractivity contribution in [3.63, 3.8) is 0 Å². The van der Waals surface area contributed by atoms with Crippen molar-refractivity contribution < 1.29 is 4.79 Å². The number of likely N-dealkylation sites (tertiary alicyclic amines) is 1. The second-order valence-corrected chi connectivity index (χ2v) is 6.28. The Labute approximate surface area is 117 Å². The number of rotatable bonds is 6. The van der Waals surface area contributed by atoms with Crippen LogP contribution in [0, 0.1) is 5.92 Å². The number of hydrogen-bond acceptors (Lipinski definition) is 4. The number of hydrogen-bond donors (Lipinski definition) is 2. The van der Waals surface area contributed by atoms with Crippen LogP contribution in [0.25, 0.3) is 0 Å². The molecule has 0 bridgehead atoms. The zero-order chi connectivity index (χ0) is 14.6. The molecule has 1 aliphatic rings. The van der Waals surface area contributed by atoms with E-state index < -0.39 is 0 Å². The van der Waals surface area contributed by atoms with Crippen LogP contribution in [0.1, 0.15) is 27.2 Å². The summed E-state index contributed by atoms with van der Waals surface area (Å²) in [5, 5.41) is 2.94. The van der Waals surface area contributed by atoms with Gasteiger partial charge < -0.3 is 16.0 Å². The molecule has 0 aromatic carbocycles. The number of amides is 1. The van der Waals surface area contributed by atoms with Gasteiger partial charge in [0, 0.05) is 44.2 Å². The first kappa shape index (κ1) is 16.4. The van der Waals surface area contributed by atoms with Crippen molar-refractivity contribution in [2.45, 2.75) is 45.3 Å². The van der Waals surface area contributed by atoms with E-state index >= 15 is 0 Å². The normalized spacial score (nSPS) is 26.1. The Hall–Kier alpha value is -0.650.